The van der Waals surface area contributed by atoms with Crippen LogP contribution in [0, 0.1) is 6.92 Å². The maximum Gasteiger partial charge on any atom is 0.417 e. The van der Waals surface area contributed by atoms with Crippen molar-refractivity contribution in [1.82, 2.24) is 4.98 Å². The normalized spacial score (nSPS) is 16.9. The highest BCUT2D eigenvalue weighted by Gasteiger charge is 2.22. The smallest absolute Gasteiger partial charge is 0.408 e. The molecule has 1 saturated carbocycles. The van der Waals surface area contributed by atoms with E-state index in [0.717, 1.165) is 5.52 Å². The van der Waals surface area contributed by atoms with Crippen LogP contribution in [0.1, 0.15) is 36.3 Å². The van der Waals surface area contributed by atoms with Crippen LogP contribution < -0.4 is 5.76 Å². The summed E-state index contributed by atoms with van der Waals surface area (Å²) in [7, 11) is 0. The Labute approximate surface area is 87.1 Å². The first kappa shape index (κ1) is 8.77. The molecule has 0 atom stereocenters. The average molecular weight is 203 g/mol. The Bertz CT molecular complexity index is 560. The molecule has 2 aromatic rings. The number of rotatable bonds is 1. The van der Waals surface area contributed by atoms with Gasteiger partial charge in [-0.05, 0) is 48.9 Å². The molecule has 0 unspecified atom stereocenters. The van der Waals surface area contributed by atoms with Gasteiger partial charge in [0.05, 0.1) is 5.52 Å². The molecule has 0 radical (unpaired) electrons. The van der Waals surface area contributed by atoms with Gasteiger partial charge >= 0.3 is 5.76 Å². The number of fused-ring (bicyclic) bond motifs is 1. The van der Waals surface area contributed by atoms with Crippen molar-refractivity contribution in [2.75, 3.05) is 0 Å². The monoisotopic (exact) mass is 203 g/mol. The summed E-state index contributed by atoms with van der Waals surface area (Å²) < 4.78 is 5.07. The van der Waals surface area contributed by atoms with Gasteiger partial charge in [-0.3, -0.25) is 4.98 Å². The Morgan fingerprint density at radius 3 is 2.87 bits per heavy atom. The topological polar surface area (TPSA) is 46.0 Å². The SMILES string of the molecule is Cc1cc2[nH]c(=O)oc2cc1C1CCC1. The number of aryl methyl sites for hydroxylation is 1. The third-order valence-electron chi connectivity index (χ3n) is 3.35. The van der Waals surface area contributed by atoms with E-state index >= 15 is 0 Å². The fraction of sp³-hybridized carbons (Fsp3) is 0.417. The van der Waals surface area contributed by atoms with Gasteiger partial charge in [-0.2, -0.15) is 0 Å². The van der Waals surface area contributed by atoms with Crippen LogP contribution in [0.25, 0.3) is 11.1 Å². The predicted octanol–water partition coefficient (Wildman–Crippen LogP) is 2.70. The molecule has 1 aliphatic carbocycles. The van der Waals surface area contributed by atoms with Crippen molar-refractivity contribution < 1.29 is 4.42 Å². The lowest BCUT2D eigenvalue weighted by Gasteiger charge is -2.27. The van der Waals surface area contributed by atoms with Gasteiger partial charge in [0.1, 0.15) is 0 Å². The number of aromatic nitrogens is 1. The number of benzene rings is 1. The van der Waals surface area contributed by atoms with E-state index < -0.39 is 0 Å². The van der Waals surface area contributed by atoms with Crippen LogP contribution in [0.15, 0.2) is 21.3 Å². The lowest BCUT2D eigenvalue weighted by atomic mass is 9.78. The summed E-state index contributed by atoms with van der Waals surface area (Å²) in [5, 5.41) is 0. The Hall–Kier alpha value is -1.51. The first-order valence-corrected chi connectivity index (χ1v) is 5.37. The molecule has 0 bridgehead atoms. The molecule has 3 nitrogen and oxygen atoms in total. The third kappa shape index (κ3) is 1.30. The molecule has 3 rings (SSSR count). The largest absolute Gasteiger partial charge is 0.417 e. The molecule has 1 heterocycles. The second-order valence-electron chi connectivity index (χ2n) is 4.35. The highest BCUT2D eigenvalue weighted by atomic mass is 16.4. The fourth-order valence-corrected chi connectivity index (χ4v) is 2.28. The Balaban J connectivity index is 2.21. The zero-order chi connectivity index (χ0) is 10.4. The van der Waals surface area contributed by atoms with Gasteiger partial charge in [0.25, 0.3) is 0 Å². The molecule has 78 valence electrons. The van der Waals surface area contributed by atoms with Crippen molar-refractivity contribution in [2.45, 2.75) is 32.1 Å². The van der Waals surface area contributed by atoms with Crippen LogP contribution >= 0.6 is 0 Å². The van der Waals surface area contributed by atoms with E-state index in [-0.39, 0.29) is 5.76 Å². The Morgan fingerprint density at radius 1 is 1.40 bits per heavy atom. The molecule has 0 amide bonds. The maximum atomic E-state index is 11.0. The van der Waals surface area contributed by atoms with Gasteiger partial charge in [0.2, 0.25) is 0 Å². The van der Waals surface area contributed by atoms with Crippen molar-refractivity contribution in [3.8, 4) is 0 Å². The molecule has 0 saturated heterocycles. The molecule has 3 heteroatoms. The number of hydrogen-bond donors (Lipinski definition) is 1. The second kappa shape index (κ2) is 2.99. The standard InChI is InChI=1S/C12H13NO2/c1-7-5-10-11(15-12(14)13-10)6-9(7)8-3-2-4-8/h5-6,8H,2-4H2,1H3,(H,13,14). The summed E-state index contributed by atoms with van der Waals surface area (Å²) in [6.45, 7) is 2.10. The molecule has 1 fully saturated rings. The molecule has 1 aliphatic rings. The van der Waals surface area contributed by atoms with Gasteiger partial charge in [0.15, 0.2) is 5.58 Å². The number of aromatic amines is 1. The minimum absolute atomic E-state index is 0.366. The van der Waals surface area contributed by atoms with Crippen molar-refractivity contribution in [2.24, 2.45) is 0 Å². The van der Waals surface area contributed by atoms with E-state index in [0.29, 0.717) is 11.5 Å². The average Bonchev–Trinajstić information content (AvgIpc) is 2.42. The molecular weight excluding hydrogens is 190 g/mol. The van der Waals surface area contributed by atoms with E-state index in [4.69, 9.17) is 4.42 Å². The van der Waals surface area contributed by atoms with Gasteiger partial charge in [-0.25, -0.2) is 4.79 Å². The summed E-state index contributed by atoms with van der Waals surface area (Å²) in [5.74, 6) is 0.310. The number of H-pyrrole nitrogens is 1. The van der Waals surface area contributed by atoms with Gasteiger partial charge < -0.3 is 4.42 Å². The van der Waals surface area contributed by atoms with E-state index in [1.165, 1.54) is 30.4 Å². The predicted molar refractivity (Wildman–Crippen MR) is 58.2 cm³/mol. The van der Waals surface area contributed by atoms with Crippen LogP contribution in [0.2, 0.25) is 0 Å². The number of hydrogen-bond acceptors (Lipinski definition) is 2. The molecule has 1 aromatic carbocycles. The zero-order valence-corrected chi connectivity index (χ0v) is 8.67. The van der Waals surface area contributed by atoms with Crippen molar-refractivity contribution >= 4 is 11.1 Å². The van der Waals surface area contributed by atoms with Crippen LogP contribution in [0.5, 0.6) is 0 Å². The quantitative estimate of drug-likeness (QED) is 0.774. The van der Waals surface area contributed by atoms with Crippen molar-refractivity contribution in [1.29, 1.82) is 0 Å². The fourth-order valence-electron chi connectivity index (χ4n) is 2.28. The number of nitrogens with one attached hydrogen (secondary N) is 1. The zero-order valence-electron chi connectivity index (χ0n) is 8.67. The highest BCUT2D eigenvalue weighted by Crippen LogP contribution is 2.38. The number of oxazole rings is 1. The van der Waals surface area contributed by atoms with E-state index in [1.807, 2.05) is 12.1 Å². The lowest BCUT2D eigenvalue weighted by molar-refractivity contribution is 0.418. The van der Waals surface area contributed by atoms with E-state index in [1.54, 1.807) is 0 Å². The summed E-state index contributed by atoms with van der Waals surface area (Å²) in [5.41, 5.74) is 4.09. The van der Waals surface area contributed by atoms with Gasteiger partial charge in [-0.1, -0.05) is 6.42 Å². The summed E-state index contributed by atoms with van der Waals surface area (Å²) >= 11 is 0. The third-order valence-corrected chi connectivity index (χ3v) is 3.35. The van der Waals surface area contributed by atoms with Crippen LogP contribution in [0.3, 0.4) is 0 Å². The van der Waals surface area contributed by atoms with Crippen LogP contribution in [0.4, 0.5) is 0 Å². The first-order valence-electron chi connectivity index (χ1n) is 5.37. The van der Waals surface area contributed by atoms with E-state index in [9.17, 15) is 4.79 Å². The molecule has 1 N–H and O–H groups in total. The molecule has 15 heavy (non-hydrogen) atoms. The molecular formula is C12H13NO2. The summed E-state index contributed by atoms with van der Waals surface area (Å²) in [4.78, 5) is 13.7. The maximum absolute atomic E-state index is 11.0. The van der Waals surface area contributed by atoms with Gasteiger partial charge in [0, 0.05) is 0 Å². The second-order valence-corrected chi connectivity index (χ2v) is 4.35. The molecule has 0 spiro atoms. The molecule has 0 aliphatic heterocycles. The first-order chi connectivity index (χ1) is 7.24. The van der Waals surface area contributed by atoms with Crippen LogP contribution in [-0.2, 0) is 0 Å². The Morgan fingerprint density at radius 2 is 2.20 bits per heavy atom. The van der Waals surface area contributed by atoms with Crippen molar-refractivity contribution in [3.05, 3.63) is 33.8 Å². The van der Waals surface area contributed by atoms with Crippen LogP contribution in [-0.4, -0.2) is 4.98 Å². The van der Waals surface area contributed by atoms with Crippen molar-refractivity contribution in [3.63, 3.8) is 0 Å². The lowest BCUT2D eigenvalue weighted by Crippen LogP contribution is -2.09. The minimum Gasteiger partial charge on any atom is -0.408 e. The molecule has 1 aromatic heterocycles. The Kier molecular flexibility index (Phi) is 1.75. The summed E-state index contributed by atoms with van der Waals surface area (Å²) in [6, 6.07) is 4.03. The minimum atomic E-state index is -0.366. The van der Waals surface area contributed by atoms with E-state index in [2.05, 4.69) is 11.9 Å². The summed E-state index contributed by atoms with van der Waals surface area (Å²) in [6.07, 6.45) is 3.85. The highest BCUT2D eigenvalue weighted by molar-refractivity contribution is 5.74. The van der Waals surface area contributed by atoms with Gasteiger partial charge in [-0.15, -0.1) is 0 Å².